The van der Waals surface area contributed by atoms with Crippen molar-refractivity contribution >= 4 is 12.1 Å². The predicted molar refractivity (Wildman–Crippen MR) is 176 cm³/mol. The second-order valence-electron chi connectivity index (χ2n) is 12.6. The lowest BCUT2D eigenvalue weighted by atomic mass is 9.78. The molecule has 1 amide bonds. The minimum Gasteiger partial charge on any atom is -0.464 e. The molecule has 1 saturated heterocycles. The number of ether oxygens (including phenoxy) is 3. The third-order valence-electron chi connectivity index (χ3n) is 8.26. The van der Waals surface area contributed by atoms with Gasteiger partial charge in [0.05, 0.1) is 7.11 Å². The summed E-state index contributed by atoms with van der Waals surface area (Å²) < 4.78 is 30.9. The number of aromatic nitrogens is 2. The standard InChI is InChI=1S/C36H41FN4O6/c1-36(2,3)47-35(44)40-20-17-24(18-21-40)30(19-22-42)23-5-7-26(8-6-23)33-39-31(32(41(33)38)34(43)45-4)25-9-13-28(14-10-25)46-29-15-11-27(37)12-16-29/h5-16,24,30,42H,17-22,38H2,1-4H3. The topological polar surface area (TPSA) is 129 Å². The average Bonchev–Trinajstić information content (AvgIpc) is 3.41. The Kier molecular flexibility index (Phi) is 10.1. The van der Waals surface area contributed by atoms with Crippen molar-refractivity contribution in [3.63, 3.8) is 0 Å². The molecule has 3 aromatic carbocycles. The molecule has 0 radical (unpaired) electrons. The molecular weight excluding hydrogens is 603 g/mol. The summed E-state index contributed by atoms with van der Waals surface area (Å²) >= 11 is 0. The van der Waals surface area contributed by atoms with Gasteiger partial charge in [-0.1, -0.05) is 24.3 Å². The summed E-state index contributed by atoms with van der Waals surface area (Å²) in [4.78, 5) is 31.9. The van der Waals surface area contributed by atoms with Crippen LogP contribution in [0.1, 0.15) is 62.0 Å². The minimum atomic E-state index is -0.634. The van der Waals surface area contributed by atoms with E-state index in [1.54, 1.807) is 29.2 Å². The molecule has 1 aliphatic rings. The first-order valence-electron chi connectivity index (χ1n) is 15.7. The maximum Gasteiger partial charge on any atom is 0.410 e. The second-order valence-corrected chi connectivity index (χ2v) is 12.6. The van der Waals surface area contributed by atoms with Gasteiger partial charge in [0.15, 0.2) is 11.5 Å². The lowest BCUT2D eigenvalue weighted by Gasteiger charge is -2.37. The maximum atomic E-state index is 13.3. The third kappa shape index (κ3) is 7.91. The Balaban J connectivity index is 1.35. The summed E-state index contributed by atoms with van der Waals surface area (Å²) in [7, 11) is 1.28. The van der Waals surface area contributed by atoms with E-state index >= 15 is 0 Å². The van der Waals surface area contributed by atoms with Crippen LogP contribution in [-0.2, 0) is 9.47 Å². The molecule has 0 spiro atoms. The molecule has 10 nitrogen and oxygen atoms in total. The molecule has 47 heavy (non-hydrogen) atoms. The number of carbonyl (C=O) groups excluding carboxylic acids is 2. The van der Waals surface area contributed by atoms with Gasteiger partial charge in [0.25, 0.3) is 0 Å². The van der Waals surface area contributed by atoms with E-state index in [0.717, 1.165) is 18.4 Å². The fourth-order valence-electron chi connectivity index (χ4n) is 5.95. The van der Waals surface area contributed by atoms with Gasteiger partial charge in [0.2, 0.25) is 0 Å². The number of halogens is 1. The molecule has 0 saturated carbocycles. The molecule has 2 heterocycles. The SMILES string of the molecule is COC(=O)c1c(-c2ccc(Oc3ccc(F)cc3)cc2)nc(-c2ccc(C(CCO)C3CCN(C(=O)OC(C)(C)C)CC3)cc2)n1N. The number of piperidine rings is 1. The number of benzene rings is 3. The van der Waals surface area contributed by atoms with Gasteiger partial charge in [-0.3, -0.25) is 0 Å². The highest BCUT2D eigenvalue weighted by atomic mass is 19.1. The summed E-state index contributed by atoms with van der Waals surface area (Å²) in [5.41, 5.74) is 2.29. The van der Waals surface area contributed by atoms with E-state index in [2.05, 4.69) is 0 Å². The van der Waals surface area contributed by atoms with Crippen LogP contribution in [0.2, 0.25) is 0 Å². The van der Waals surface area contributed by atoms with E-state index in [4.69, 9.17) is 25.0 Å². The summed E-state index contributed by atoms with van der Waals surface area (Å²) in [6.45, 7) is 6.82. The van der Waals surface area contributed by atoms with E-state index in [0.29, 0.717) is 53.7 Å². The Morgan fingerprint density at radius 3 is 2.09 bits per heavy atom. The van der Waals surface area contributed by atoms with Crippen molar-refractivity contribution in [1.82, 2.24) is 14.6 Å². The van der Waals surface area contributed by atoms with Gasteiger partial charge >= 0.3 is 12.1 Å². The largest absolute Gasteiger partial charge is 0.464 e. The Labute approximate surface area is 273 Å². The number of amides is 1. The number of aliphatic hydroxyl groups excluding tert-OH is 1. The van der Waals surface area contributed by atoms with E-state index in [1.165, 1.54) is 36.1 Å². The van der Waals surface area contributed by atoms with Gasteiger partial charge in [-0.2, -0.15) is 0 Å². The van der Waals surface area contributed by atoms with Crippen LogP contribution < -0.4 is 10.6 Å². The van der Waals surface area contributed by atoms with Crippen LogP contribution in [-0.4, -0.2) is 64.1 Å². The second kappa shape index (κ2) is 14.3. The summed E-state index contributed by atoms with van der Waals surface area (Å²) in [5, 5.41) is 9.90. The molecule has 1 atom stereocenters. The molecule has 5 rings (SSSR count). The van der Waals surface area contributed by atoms with E-state index < -0.39 is 11.6 Å². The fourth-order valence-corrected chi connectivity index (χ4v) is 5.95. The number of esters is 1. The molecule has 248 valence electrons. The van der Waals surface area contributed by atoms with Crippen molar-refractivity contribution in [2.45, 2.75) is 51.6 Å². The van der Waals surface area contributed by atoms with Crippen LogP contribution >= 0.6 is 0 Å². The molecule has 4 aromatic rings. The summed E-state index contributed by atoms with van der Waals surface area (Å²) in [6.07, 6.45) is 1.91. The van der Waals surface area contributed by atoms with E-state index in [1.807, 2.05) is 45.0 Å². The molecule has 11 heteroatoms. The lowest BCUT2D eigenvalue weighted by Crippen LogP contribution is -2.42. The van der Waals surface area contributed by atoms with E-state index in [9.17, 15) is 19.1 Å². The number of nitrogen functional groups attached to an aromatic ring is 1. The first kappa shape index (κ1) is 33.5. The van der Waals surface area contributed by atoms with Gasteiger partial charge in [-0.25, -0.2) is 23.6 Å². The number of nitrogens with zero attached hydrogens (tertiary/aromatic N) is 3. The van der Waals surface area contributed by atoms with Crippen molar-refractivity contribution in [1.29, 1.82) is 0 Å². The van der Waals surface area contributed by atoms with Crippen molar-refractivity contribution in [2.75, 3.05) is 32.6 Å². The third-order valence-corrected chi connectivity index (χ3v) is 8.26. The highest BCUT2D eigenvalue weighted by molar-refractivity contribution is 5.96. The average molecular weight is 645 g/mol. The van der Waals surface area contributed by atoms with Crippen LogP contribution in [0.5, 0.6) is 11.5 Å². The van der Waals surface area contributed by atoms with Crippen molar-refractivity contribution in [3.05, 3.63) is 89.9 Å². The molecule has 0 aliphatic carbocycles. The van der Waals surface area contributed by atoms with Crippen molar-refractivity contribution in [2.24, 2.45) is 5.92 Å². The summed E-state index contributed by atoms with van der Waals surface area (Å²) in [5.74, 6) is 7.24. The number of imidazole rings is 1. The van der Waals surface area contributed by atoms with Gasteiger partial charge in [-0.05, 0) is 106 Å². The minimum absolute atomic E-state index is 0.0471. The summed E-state index contributed by atoms with van der Waals surface area (Å²) in [6, 6.07) is 20.5. The molecule has 1 aliphatic heterocycles. The van der Waals surface area contributed by atoms with E-state index in [-0.39, 0.29) is 36.0 Å². The molecule has 1 fully saturated rings. The highest BCUT2D eigenvalue weighted by Crippen LogP contribution is 2.37. The molecular formula is C36H41FN4O6. The Morgan fingerprint density at radius 2 is 1.53 bits per heavy atom. The maximum absolute atomic E-state index is 13.3. The van der Waals surface area contributed by atoms with Crippen LogP contribution in [0.25, 0.3) is 22.6 Å². The Bertz CT molecular complexity index is 1670. The van der Waals surface area contributed by atoms with Crippen LogP contribution in [0.15, 0.2) is 72.8 Å². The molecule has 1 aromatic heterocycles. The number of likely N-dealkylation sites (tertiary alicyclic amines) is 1. The lowest BCUT2D eigenvalue weighted by molar-refractivity contribution is 0.0169. The van der Waals surface area contributed by atoms with Crippen molar-refractivity contribution < 1.29 is 33.3 Å². The molecule has 0 bridgehead atoms. The number of aliphatic hydroxyl groups is 1. The fraction of sp³-hybridized carbons (Fsp3) is 0.361. The van der Waals surface area contributed by atoms with Crippen LogP contribution in [0, 0.1) is 11.7 Å². The zero-order valence-corrected chi connectivity index (χ0v) is 27.1. The zero-order valence-electron chi connectivity index (χ0n) is 27.1. The quantitative estimate of drug-likeness (QED) is 0.151. The number of carbonyl (C=O) groups is 2. The van der Waals surface area contributed by atoms with Gasteiger partial charge in [0, 0.05) is 30.8 Å². The molecule has 1 unspecified atom stereocenters. The highest BCUT2D eigenvalue weighted by Gasteiger charge is 2.31. The zero-order chi connectivity index (χ0) is 33.7. The van der Waals surface area contributed by atoms with Crippen molar-refractivity contribution in [3.8, 4) is 34.1 Å². The monoisotopic (exact) mass is 644 g/mol. The van der Waals surface area contributed by atoms with Crippen LogP contribution in [0.4, 0.5) is 9.18 Å². The normalized spacial score (nSPS) is 14.5. The Hall–Kier alpha value is -4.90. The van der Waals surface area contributed by atoms with Gasteiger partial charge < -0.3 is 30.1 Å². The first-order chi connectivity index (χ1) is 22.5. The van der Waals surface area contributed by atoms with Gasteiger partial charge in [-0.15, -0.1) is 0 Å². The Morgan fingerprint density at radius 1 is 0.957 bits per heavy atom. The number of rotatable bonds is 9. The first-order valence-corrected chi connectivity index (χ1v) is 15.7. The van der Waals surface area contributed by atoms with Gasteiger partial charge in [0.1, 0.15) is 28.6 Å². The number of methoxy groups -OCH3 is 1. The number of hydrogen-bond donors (Lipinski definition) is 2. The van der Waals surface area contributed by atoms with Crippen LogP contribution in [0.3, 0.4) is 0 Å². The number of nitrogens with two attached hydrogens (primary N) is 1. The molecule has 3 N–H and O–H groups in total. The number of hydrogen-bond acceptors (Lipinski definition) is 8. The predicted octanol–water partition coefficient (Wildman–Crippen LogP) is 6.76. The smallest absolute Gasteiger partial charge is 0.410 e.